The summed E-state index contributed by atoms with van der Waals surface area (Å²) in [7, 11) is 1.46. The van der Waals surface area contributed by atoms with Crippen molar-refractivity contribution in [3.63, 3.8) is 0 Å². The highest BCUT2D eigenvalue weighted by Crippen LogP contribution is 2.25. The molecule has 2 rings (SSSR count). The van der Waals surface area contributed by atoms with Gasteiger partial charge in [-0.25, -0.2) is 9.18 Å². The Hall–Kier alpha value is -3.13. The van der Waals surface area contributed by atoms with Gasteiger partial charge in [0.15, 0.2) is 0 Å². The van der Waals surface area contributed by atoms with E-state index >= 15 is 0 Å². The van der Waals surface area contributed by atoms with Crippen LogP contribution in [0.15, 0.2) is 42.5 Å². The van der Waals surface area contributed by atoms with Crippen LogP contribution in [0.25, 0.3) is 0 Å². The Morgan fingerprint density at radius 3 is 2.17 bits per heavy atom. The van der Waals surface area contributed by atoms with Crippen LogP contribution in [0.4, 0.5) is 4.39 Å². The summed E-state index contributed by atoms with van der Waals surface area (Å²) in [6.45, 7) is 1.25. The Morgan fingerprint density at radius 1 is 1.03 bits per heavy atom. The van der Waals surface area contributed by atoms with Crippen molar-refractivity contribution in [2.24, 2.45) is 0 Å². The predicted octanol–water partition coefficient (Wildman–Crippen LogP) is 2.35. The van der Waals surface area contributed by atoms with E-state index in [1.54, 1.807) is 18.2 Å². The van der Waals surface area contributed by atoms with E-state index in [2.05, 4.69) is 10.6 Å². The predicted molar refractivity (Wildman–Crippen MR) is 109 cm³/mol. The van der Waals surface area contributed by atoms with E-state index in [1.807, 2.05) is 0 Å². The summed E-state index contributed by atoms with van der Waals surface area (Å²) in [5, 5.41) is 14.8. The summed E-state index contributed by atoms with van der Waals surface area (Å²) in [6.07, 6.45) is 0.0561. The molecule has 9 heteroatoms. The maximum absolute atomic E-state index is 13.1. The van der Waals surface area contributed by atoms with E-state index in [-0.39, 0.29) is 12.8 Å². The number of halogens is 2. The van der Waals surface area contributed by atoms with Gasteiger partial charge in [0.1, 0.15) is 23.7 Å². The minimum absolute atomic E-state index is 0.0197. The fourth-order valence-electron chi connectivity index (χ4n) is 2.86. The molecule has 2 atom stereocenters. The molecule has 2 aromatic carbocycles. The largest absolute Gasteiger partial charge is 0.495 e. The molecule has 2 aromatic rings. The summed E-state index contributed by atoms with van der Waals surface area (Å²) < 4.78 is 18.2. The van der Waals surface area contributed by atoms with Gasteiger partial charge in [-0.15, -0.1) is 0 Å². The zero-order valence-electron chi connectivity index (χ0n) is 16.4. The highest BCUT2D eigenvalue weighted by molar-refractivity contribution is 6.32. The minimum Gasteiger partial charge on any atom is -0.495 e. The quantitative estimate of drug-likeness (QED) is 0.559. The van der Waals surface area contributed by atoms with Crippen LogP contribution in [0.1, 0.15) is 18.1 Å². The lowest BCUT2D eigenvalue weighted by Crippen LogP contribution is -2.52. The number of carbonyl (C=O) groups is 3. The Morgan fingerprint density at radius 2 is 1.63 bits per heavy atom. The number of aliphatic carboxylic acids is 1. The molecule has 0 spiro atoms. The minimum atomic E-state index is -1.24. The maximum Gasteiger partial charge on any atom is 0.326 e. The van der Waals surface area contributed by atoms with E-state index in [9.17, 15) is 23.9 Å². The van der Waals surface area contributed by atoms with Gasteiger partial charge in [0, 0.05) is 19.8 Å². The molecule has 0 unspecified atom stereocenters. The molecule has 3 N–H and O–H groups in total. The molecular formula is C21H22ClFN2O5. The maximum atomic E-state index is 13.1. The van der Waals surface area contributed by atoms with Crippen molar-refractivity contribution in [1.29, 1.82) is 0 Å². The average Bonchev–Trinajstić information content (AvgIpc) is 2.68. The van der Waals surface area contributed by atoms with Gasteiger partial charge in [0.25, 0.3) is 0 Å². The molecule has 2 amide bonds. The van der Waals surface area contributed by atoms with Gasteiger partial charge in [0.2, 0.25) is 11.8 Å². The summed E-state index contributed by atoms with van der Waals surface area (Å²) in [5.74, 6) is -2.34. The van der Waals surface area contributed by atoms with Crippen LogP contribution in [0.5, 0.6) is 5.75 Å². The van der Waals surface area contributed by atoms with Crippen molar-refractivity contribution >= 4 is 29.4 Å². The number of methoxy groups -OCH3 is 1. The number of nitrogens with one attached hydrogen (secondary N) is 2. The Bertz CT molecular complexity index is 920. The molecule has 0 aromatic heterocycles. The number of carboxylic acids is 1. The molecule has 0 saturated carbocycles. The molecule has 0 aliphatic rings. The molecule has 0 heterocycles. The van der Waals surface area contributed by atoms with Gasteiger partial charge < -0.3 is 20.5 Å². The van der Waals surface area contributed by atoms with Gasteiger partial charge in [0.05, 0.1) is 12.1 Å². The first-order chi connectivity index (χ1) is 14.2. The van der Waals surface area contributed by atoms with E-state index in [0.29, 0.717) is 21.9 Å². The normalized spacial score (nSPS) is 12.5. The summed E-state index contributed by atoms with van der Waals surface area (Å²) in [6, 6.07) is 8.02. The van der Waals surface area contributed by atoms with Crippen molar-refractivity contribution in [1.82, 2.24) is 10.6 Å². The second-order valence-electron chi connectivity index (χ2n) is 6.66. The molecule has 0 radical (unpaired) electrons. The lowest BCUT2D eigenvalue weighted by Gasteiger charge is -2.21. The smallest absolute Gasteiger partial charge is 0.326 e. The Balaban J connectivity index is 2.14. The Labute approximate surface area is 178 Å². The number of carboxylic acid groups (broad SMARTS) is 1. The van der Waals surface area contributed by atoms with Gasteiger partial charge in [-0.2, -0.15) is 0 Å². The molecule has 7 nitrogen and oxygen atoms in total. The van der Waals surface area contributed by atoms with Crippen LogP contribution < -0.4 is 15.4 Å². The van der Waals surface area contributed by atoms with Gasteiger partial charge in [-0.05, 0) is 35.4 Å². The molecule has 0 bridgehead atoms. The van der Waals surface area contributed by atoms with Crippen molar-refractivity contribution in [2.45, 2.75) is 31.8 Å². The standard InChI is InChI=1S/C21H22ClFN2O5/c1-12(26)24-17(10-13-3-6-15(23)7-4-13)20(27)25-18(21(28)29)11-14-5-8-19(30-2)16(22)9-14/h3-9,17-18H,10-11H2,1-2H3,(H,24,26)(H,25,27)(H,28,29)/t17-,18+/m0/s1. The molecule has 0 saturated heterocycles. The number of ether oxygens (including phenoxy) is 1. The molecule has 160 valence electrons. The first-order valence-electron chi connectivity index (χ1n) is 9.06. The fraction of sp³-hybridized carbons (Fsp3) is 0.286. The van der Waals surface area contributed by atoms with Crippen LogP contribution in [-0.2, 0) is 27.2 Å². The zero-order chi connectivity index (χ0) is 22.3. The molecular weight excluding hydrogens is 415 g/mol. The van der Waals surface area contributed by atoms with Crippen molar-refractivity contribution in [3.05, 3.63) is 64.4 Å². The topological polar surface area (TPSA) is 105 Å². The number of carbonyl (C=O) groups excluding carboxylic acids is 2. The highest BCUT2D eigenvalue weighted by Gasteiger charge is 2.26. The molecule has 30 heavy (non-hydrogen) atoms. The van der Waals surface area contributed by atoms with Gasteiger partial charge in [-0.1, -0.05) is 29.8 Å². The van der Waals surface area contributed by atoms with Crippen LogP contribution in [0, 0.1) is 5.82 Å². The fourth-order valence-corrected chi connectivity index (χ4v) is 3.14. The van der Waals surface area contributed by atoms with Gasteiger partial charge in [-0.3, -0.25) is 9.59 Å². The molecule has 0 aliphatic carbocycles. The second kappa shape index (κ2) is 10.6. The first-order valence-corrected chi connectivity index (χ1v) is 9.44. The SMILES string of the molecule is COc1ccc(C[C@@H](NC(=O)[C@H](Cc2ccc(F)cc2)NC(C)=O)C(=O)O)cc1Cl. The van der Waals surface area contributed by atoms with E-state index in [4.69, 9.17) is 16.3 Å². The summed E-state index contributed by atoms with van der Waals surface area (Å²) in [5.41, 5.74) is 1.20. The lowest BCUT2D eigenvalue weighted by atomic mass is 10.0. The van der Waals surface area contributed by atoms with Crippen LogP contribution in [0.3, 0.4) is 0 Å². The monoisotopic (exact) mass is 436 g/mol. The molecule has 0 fully saturated rings. The highest BCUT2D eigenvalue weighted by atomic mass is 35.5. The van der Waals surface area contributed by atoms with Crippen molar-refractivity contribution in [2.75, 3.05) is 7.11 Å². The molecule has 0 aliphatic heterocycles. The first kappa shape index (κ1) is 23.2. The Kier molecular flexibility index (Phi) is 8.17. The third kappa shape index (κ3) is 6.73. The van der Waals surface area contributed by atoms with Crippen LogP contribution in [0.2, 0.25) is 5.02 Å². The average molecular weight is 437 g/mol. The van der Waals surface area contributed by atoms with E-state index < -0.39 is 35.7 Å². The number of benzene rings is 2. The third-order valence-electron chi connectivity index (χ3n) is 4.32. The summed E-state index contributed by atoms with van der Waals surface area (Å²) >= 11 is 6.07. The van der Waals surface area contributed by atoms with Crippen LogP contribution >= 0.6 is 11.6 Å². The third-order valence-corrected chi connectivity index (χ3v) is 4.61. The van der Waals surface area contributed by atoms with Crippen molar-refractivity contribution in [3.8, 4) is 5.75 Å². The van der Waals surface area contributed by atoms with E-state index in [1.165, 1.54) is 38.3 Å². The number of hydrogen-bond acceptors (Lipinski definition) is 4. The number of rotatable bonds is 9. The summed E-state index contributed by atoms with van der Waals surface area (Å²) in [4.78, 5) is 35.9. The zero-order valence-corrected chi connectivity index (χ0v) is 17.2. The van der Waals surface area contributed by atoms with Gasteiger partial charge >= 0.3 is 5.97 Å². The lowest BCUT2D eigenvalue weighted by molar-refractivity contribution is -0.142. The van der Waals surface area contributed by atoms with Crippen molar-refractivity contribution < 1.29 is 28.6 Å². The number of amides is 2. The van der Waals surface area contributed by atoms with Crippen LogP contribution in [-0.4, -0.2) is 42.1 Å². The van der Waals surface area contributed by atoms with E-state index in [0.717, 1.165) is 0 Å². The second-order valence-corrected chi connectivity index (χ2v) is 7.06. The number of hydrogen-bond donors (Lipinski definition) is 3.